The van der Waals surface area contributed by atoms with Crippen molar-refractivity contribution < 1.29 is 9.47 Å². The maximum absolute atomic E-state index is 8.75. The molecule has 0 unspecified atom stereocenters. The molecular formula is C14H17NO2. The van der Waals surface area contributed by atoms with E-state index < -0.39 is 0 Å². The molecule has 17 heavy (non-hydrogen) atoms. The summed E-state index contributed by atoms with van der Waals surface area (Å²) in [5.74, 6) is 0.735. The van der Waals surface area contributed by atoms with Crippen LogP contribution in [0, 0.1) is 11.3 Å². The minimum absolute atomic E-state index is 0.434. The highest BCUT2D eigenvalue weighted by Gasteiger charge is 2.14. The quantitative estimate of drug-likeness (QED) is 0.732. The summed E-state index contributed by atoms with van der Waals surface area (Å²) in [4.78, 5) is 0. The van der Waals surface area contributed by atoms with Gasteiger partial charge in [-0.15, -0.1) is 0 Å². The molecule has 1 aliphatic carbocycles. The van der Waals surface area contributed by atoms with E-state index in [1.807, 2.05) is 12.1 Å². The number of benzene rings is 1. The van der Waals surface area contributed by atoms with Crippen LogP contribution in [0.2, 0.25) is 0 Å². The predicted octanol–water partition coefficient (Wildman–Crippen LogP) is 2.90. The van der Waals surface area contributed by atoms with Crippen LogP contribution in [0.5, 0.6) is 5.75 Å². The zero-order chi connectivity index (χ0) is 11.9. The summed E-state index contributed by atoms with van der Waals surface area (Å²) in [6, 6.07) is 9.29. The zero-order valence-corrected chi connectivity index (χ0v) is 9.89. The topological polar surface area (TPSA) is 42.2 Å². The molecule has 0 saturated heterocycles. The van der Waals surface area contributed by atoms with Crippen LogP contribution in [0.3, 0.4) is 0 Å². The fraction of sp³-hybridized carbons (Fsp3) is 0.500. The van der Waals surface area contributed by atoms with Crippen LogP contribution in [0.4, 0.5) is 0 Å². The lowest BCUT2D eigenvalue weighted by atomic mass is 10.2. The third-order valence-corrected chi connectivity index (χ3v) is 2.97. The molecule has 1 aromatic rings. The lowest BCUT2D eigenvalue weighted by Crippen LogP contribution is -2.13. The Morgan fingerprint density at radius 1 is 1.24 bits per heavy atom. The summed E-state index contributed by atoms with van der Waals surface area (Å²) in [6.45, 7) is 1.17. The molecule has 3 nitrogen and oxygen atoms in total. The summed E-state index contributed by atoms with van der Waals surface area (Å²) in [7, 11) is 0. The molecule has 2 rings (SSSR count). The maximum Gasteiger partial charge on any atom is 0.120 e. The molecule has 0 N–H and O–H groups in total. The molecule has 0 atom stereocenters. The van der Waals surface area contributed by atoms with Crippen LogP contribution in [0.1, 0.15) is 31.2 Å². The summed E-state index contributed by atoms with van der Waals surface area (Å²) in [5.41, 5.74) is 0.624. The minimum atomic E-state index is 0.434. The van der Waals surface area contributed by atoms with Gasteiger partial charge in [-0.1, -0.05) is 18.9 Å². The van der Waals surface area contributed by atoms with E-state index in [0.717, 1.165) is 5.75 Å². The van der Waals surface area contributed by atoms with Crippen LogP contribution in [-0.4, -0.2) is 19.3 Å². The first-order chi connectivity index (χ1) is 8.38. The van der Waals surface area contributed by atoms with E-state index in [2.05, 4.69) is 6.07 Å². The molecule has 1 saturated carbocycles. The Morgan fingerprint density at radius 2 is 2.06 bits per heavy atom. The average molecular weight is 231 g/mol. The van der Waals surface area contributed by atoms with Gasteiger partial charge in [-0.2, -0.15) is 5.26 Å². The van der Waals surface area contributed by atoms with Crippen LogP contribution < -0.4 is 4.74 Å². The van der Waals surface area contributed by atoms with Gasteiger partial charge in [-0.05, 0) is 31.0 Å². The van der Waals surface area contributed by atoms with Crippen molar-refractivity contribution in [3.63, 3.8) is 0 Å². The monoisotopic (exact) mass is 231 g/mol. The number of rotatable bonds is 5. The Balaban J connectivity index is 1.68. The van der Waals surface area contributed by atoms with E-state index in [1.165, 1.54) is 25.7 Å². The van der Waals surface area contributed by atoms with Crippen molar-refractivity contribution in [2.24, 2.45) is 0 Å². The molecule has 0 aromatic heterocycles. The van der Waals surface area contributed by atoms with Crippen molar-refractivity contribution in [3.05, 3.63) is 29.8 Å². The van der Waals surface area contributed by atoms with Gasteiger partial charge in [0, 0.05) is 0 Å². The van der Waals surface area contributed by atoms with Gasteiger partial charge in [-0.3, -0.25) is 0 Å². The lowest BCUT2D eigenvalue weighted by Gasteiger charge is -2.11. The van der Waals surface area contributed by atoms with Crippen LogP contribution in [0.25, 0.3) is 0 Å². The first-order valence-electron chi connectivity index (χ1n) is 6.13. The number of hydrogen-bond donors (Lipinski definition) is 0. The molecule has 0 aliphatic heterocycles. The fourth-order valence-electron chi connectivity index (χ4n) is 2.08. The van der Waals surface area contributed by atoms with Crippen molar-refractivity contribution in [3.8, 4) is 11.8 Å². The molecule has 0 bridgehead atoms. The van der Waals surface area contributed by atoms with Gasteiger partial charge in [-0.25, -0.2) is 0 Å². The fourth-order valence-corrected chi connectivity index (χ4v) is 2.08. The summed E-state index contributed by atoms with van der Waals surface area (Å²) < 4.78 is 11.2. The molecule has 0 heterocycles. The highest BCUT2D eigenvalue weighted by atomic mass is 16.5. The molecular weight excluding hydrogens is 214 g/mol. The van der Waals surface area contributed by atoms with E-state index >= 15 is 0 Å². The normalized spacial score (nSPS) is 15.7. The Hall–Kier alpha value is -1.53. The first kappa shape index (κ1) is 11.9. The molecule has 0 radical (unpaired) electrons. The number of ether oxygens (including phenoxy) is 2. The van der Waals surface area contributed by atoms with Gasteiger partial charge >= 0.3 is 0 Å². The van der Waals surface area contributed by atoms with E-state index in [0.29, 0.717) is 24.9 Å². The minimum Gasteiger partial charge on any atom is -0.491 e. The summed E-state index contributed by atoms with van der Waals surface area (Å²) >= 11 is 0. The third kappa shape index (κ3) is 3.76. The second kappa shape index (κ2) is 6.27. The van der Waals surface area contributed by atoms with Gasteiger partial charge < -0.3 is 9.47 Å². The lowest BCUT2D eigenvalue weighted by molar-refractivity contribution is 0.0382. The van der Waals surface area contributed by atoms with E-state index in [4.69, 9.17) is 14.7 Å². The summed E-state index contributed by atoms with van der Waals surface area (Å²) in [6.07, 6.45) is 5.38. The predicted molar refractivity (Wildman–Crippen MR) is 64.9 cm³/mol. The van der Waals surface area contributed by atoms with Crippen molar-refractivity contribution in [2.75, 3.05) is 13.2 Å². The molecule has 0 spiro atoms. The van der Waals surface area contributed by atoms with E-state index in [-0.39, 0.29) is 0 Å². The number of nitrogens with zero attached hydrogens (tertiary/aromatic N) is 1. The van der Waals surface area contributed by atoms with Crippen LogP contribution in [-0.2, 0) is 4.74 Å². The van der Waals surface area contributed by atoms with Crippen LogP contribution >= 0.6 is 0 Å². The zero-order valence-electron chi connectivity index (χ0n) is 9.89. The Labute approximate surface area is 102 Å². The molecule has 3 heteroatoms. The number of nitriles is 1. The Bertz CT molecular complexity index is 391. The second-order valence-electron chi connectivity index (χ2n) is 4.27. The van der Waals surface area contributed by atoms with Gasteiger partial charge in [0.2, 0.25) is 0 Å². The van der Waals surface area contributed by atoms with Crippen molar-refractivity contribution >= 4 is 0 Å². The SMILES string of the molecule is N#Cc1cccc(OCCOC2CCCC2)c1. The van der Waals surface area contributed by atoms with E-state index in [1.54, 1.807) is 12.1 Å². The third-order valence-electron chi connectivity index (χ3n) is 2.97. The van der Waals surface area contributed by atoms with Gasteiger partial charge in [0.1, 0.15) is 12.4 Å². The standard InChI is InChI=1S/C14H17NO2/c15-11-12-4-3-7-14(10-12)17-9-8-16-13-5-1-2-6-13/h3-4,7,10,13H,1-2,5-6,8-9H2. The molecule has 1 aromatic carbocycles. The van der Waals surface area contributed by atoms with Gasteiger partial charge in [0.15, 0.2) is 0 Å². The molecule has 0 amide bonds. The molecule has 1 fully saturated rings. The van der Waals surface area contributed by atoms with Crippen molar-refractivity contribution in [1.29, 1.82) is 5.26 Å². The smallest absolute Gasteiger partial charge is 0.120 e. The molecule has 90 valence electrons. The Kier molecular flexibility index (Phi) is 4.40. The molecule has 1 aliphatic rings. The van der Waals surface area contributed by atoms with Crippen LogP contribution in [0.15, 0.2) is 24.3 Å². The summed E-state index contributed by atoms with van der Waals surface area (Å²) in [5, 5.41) is 8.75. The first-order valence-corrected chi connectivity index (χ1v) is 6.13. The van der Waals surface area contributed by atoms with Crippen molar-refractivity contribution in [2.45, 2.75) is 31.8 Å². The van der Waals surface area contributed by atoms with Gasteiger partial charge in [0.05, 0.1) is 24.3 Å². The van der Waals surface area contributed by atoms with Crippen molar-refractivity contribution in [1.82, 2.24) is 0 Å². The number of hydrogen-bond acceptors (Lipinski definition) is 3. The highest BCUT2D eigenvalue weighted by molar-refractivity contribution is 5.36. The Morgan fingerprint density at radius 3 is 2.82 bits per heavy atom. The second-order valence-corrected chi connectivity index (χ2v) is 4.27. The average Bonchev–Trinajstić information content (AvgIpc) is 2.88. The largest absolute Gasteiger partial charge is 0.491 e. The van der Waals surface area contributed by atoms with Gasteiger partial charge in [0.25, 0.3) is 0 Å². The van der Waals surface area contributed by atoms with E-state index in [9.17, 15) is 0 Å². The maximum atomic E-state index is 8.75. The highest BCUT2D eigenvalue weighted by Crippen LogP contribution is 2.20.